The number of nitrogens with zero attached hydrogens (tertiary/aromatic N) is 5. The molecule has 0 radical (unpaired) electrons. The van der Waals surface area contributed by atoms with E-state index in [-0.39, 0.29) is 64.5 Å². The van der Waals surface area contributed by atoms with Crippen LogP contribution in [-0.4, -0.2) is 110 Å². The molecule has 0 spiro atoms. The Morgan fingerprint density at radius 3 is 2.35 bits per heavy atom. The molecule has 3 aliphatic rings. The Kier molecular flexibility index (Phi) is 17.7. The maximum atomic E-state index is 13.7. The lowest BCUT2D eigenvalue weighted by Gasteiger charge is -2.31. The van der Waals surface area contributed by atoms with E-state index < -0.39 is 82.5 Å². The second kappa shape index (κ2) is 23.4. The number of anilines is 2. The van der Waals surface area contributed by atoms with Gasteiger partial charge in [0.2, 0.25) is 5.36 Å². The molecule has 2 aliphatic heterocycles. The number of hydrogen-bond donors (Lipinski definition) is 8. The van der Waals surface area contributed by atoms with Gasteiger partial charge in [0.1, 0.15) is 43.6 Å². The number of rotatable bonds is 18. The summed E-state index contributed by atoms with van der Waals surface area (Å²) < 4.78 is 68.0. The third-order valence-corrected chi connectivity index (χ3v) is 16.0. The number of phosphoric ester groups is 1. The van der Waals surface area contributed by atoms with Gasteiger partial charge in [-0.1, -0.05) is 32.6 Å². The van der Waals surface area contributed by atoms with Gasteiger partial charge in [0.05, 0.1) is 54.1 Å². The highest BCUT2D eigenvalue weighted by atomic mass is 31.3. The van der Waals surface area contributed by atoms with Crippen molar-refractivity contribution in [3.8, 4) is 34.3 Å². The zero-order valence-electron chi connectivity index (χ0n) is 43.2. The van der Waals surface area contributed by atoms with Gasteiger partial charge in [-0.2, -0.15) is 13.6 Å². The number of carboxylic acids is 1. The highest BCUT2D eigenvalue weighted by Gasteiger charge is 2.43. The number of hydrogen-bond acceptors (Lipinski definition) is 18. The number of carboxylic acid groups (broad SMARTS) is 1. The molecule has 1 saturated heterocycles. The Morgan fingerprint density at radius 1 is 0.987 bits per heavy atom. The summed E-state index contributed by atoms with van der Waals surface area (Å²) in [5, 5.41) is 37.8. The molecule has 3 aromatic carbocycles. The second-order valence-corrected chi connectivity index (χ2v) is 23.8. The maximum Gasteiger partial charge on any atom is 0.490 e. The minimum atomic E-state index is -5.83. The van der Waals surface area contributed by atoms with Crippen molar-refractivity contribution in [3.63, 3.8) is 0 Å². The van der Waals surface area contributed by atoms with Crippen LogP contribution in [0.15, 0.2) is 88.2 Å². The molecule has 7 rings (SSSR count). The van der Waals surface area contributed by atoms with Crippen LogP contribution in [0.5, 0.6) is 0 Å². The van der Waals surface area contributed by atoms with Crippen molar-refractivity contribution in [2.45, 2.75) is 58.3 Å². The molecular formula is C49H55N7O20P3+. The van der Waals surface area contributed by atoms with Gasteiger partial charge in [-0.05, 0) is 59.5 Å². The lowest BCUT2D eigenvalue weighted by molar-refractivity contribution is -0.386. The van der Waals surface area contributed by atoms with Gasteiger partial charge >= 0.3 is 35.1 Å². The van der Waals surface area contributed by atoms with E-state index in [2.05, 4.69) is 35.3 Å². The number of benzene rings is 4. The average Bonchev–Trinajstić information content (AvgIpc) is 3.72. The fraction of sp³-hybridized carbons (Fsp3) is 0.327. The molecule has 4 aromatic rings. The third kappa shape index (κ3) is 14.4. The lowest BCUT2D eigenvalue weighted by Crippen LogP contribution is -2.30. The number of nitro benzene ring substituents is 1. The fourth-order valence-corrected chi connectivity index (χ4v) is 11.5. The molecule has 27 nitrogen and oxygen atoms in total. The van der Waals surface area contributed by atoms with Gasteiger partial charge in [-0.25, -0.2) is 27.9 Å². The third-order valence-electron chi connectivity index (χ3n) is 12.2. The van der Waals surface area contributed by atoms with E-state index >= 15 is 0 Å². The van der Waals surface area contributed by atoms with Crippen LogP contribution in [0, 0.1) is 27.4 Å². The van der Waals surface area contributed by atoms with Gasteiger partial charge < -0.3 is 59.6 Å². The Balaban J connectivity index is 1.07. The molecule has 1 fully saturated rings. The van der Waals surface area contributed by atoms with E-state index in [0.29, 0.717) is 27.9 Å². The van der Waals surface area contributed by atoms with Gasteiger partial charge in [0.25, 0.3) is 11.6 Å². The van der Waals surface area contributed by atoms with Gasteiger partial charge in [0, 0.05) is 83.8 Å². The number of nitrogens with two attached hydrogens (primary N) is 1. The zero-order valence-corrected chi connectivity index (χ0v) is 45.9. The van der Waals surface area contributed by atoms with Crippen molar-refractivity contribution in [2.24, 2.45) is 5.41 Å². The van der Waals surface area contributed by atoms with Crippen molar-refractivity contribution < 1.29 is 85.0 Å². The van der Waals surface area contributed by atoms with Crippen LogP contribution in [0.4, 0.5) is 17.2 Å². The smallest absolute Gasteiger partial charge is 0.478 e. The van der Waals surface area contributed by atoms with Gasteiger partial charge in [0.15, 0.2) is 0 Å². The van der Waals surface area contributed by atoms with Crippen LogP contribution in [0.25, 0.3) is 33.4 Å². The monoisotopic (exact) mass is 1150 g/mol. The Morgan fingerprint density at radius 2 is 1.71 bits per heavy atom. The molecule has 1 aromatic heterocycles. The molecular weight excluding hydrogens is 1100 g/mol. The molecule has 2 unspecified atom stereocenters. The van der Waals surface area contributed by atoms with E-state index in [9.17, 15) is 58.2 Å². The minimum absolute atomic E-state index is 0.0501. The maximum absolute atomic E-state index is 13.7. The second-order valence-electron chi connectivity index (χ2n) is 19.4. The first-order chi connectivity index (χ1) is 36.8. The van der Waals surface area contributed by atoms with E-state index in [1.165, 1.54) is 42.6 Å². The van der Waals surface area contributed by atoms with Crippen molar-refractivity contribution in [1.29, 1.82) is 0 Å². The molecule has 0 saturated carbocycles. The standard InChI is InChI=1S/C49H54N7O20P3/c1-49(2,3)44(71-25-29-24-55(48(61)52-45(29)50)42-23-38(57)41(74-42)26-72-78(67,68)76-79(69,70)75-77(64,65)66)33-14-10-27(19-37(33)56(62)63)9-8-18-51-46(58)28-11-15-32(47(59)60)36(20-28)43-34-16-12-30(53(4)5)21-39(34)73-40-22-31(54(6)7)13-17-35(40)43/h10-17,19-22,24,38,41-42,44,57H,18,23,25-26H2,1-7H3,(H7-,50,51,52,58,59,60,61,64,65,66,67,68,69,70)/p+1/t38-,41+,42+,44-/m0/s1. The van der Waals surface area contributed by atoms with E-state index in [0.717, 1.165) is 15.6 Å². The first-order valence-corrected chi connectivity index (χ1v) is 28.1. The number of amides is 1. The number of phosphoric acid groups is 3. The highest BCUT2D eigenvalue weighted by Crippen LogP contribution is 2.66. The summed E-state index contributed by atoms with van der Waals surface area (Å²) in [6.45, 7) is 3.69. The summed E-state index contributed by atoms with van der Waals surface area (Å²) >= 11 is 0. The Hall–Kier alpha value is -6.98. The Labute approximate surface area is 449 Å². The van der Waals surface area contributed by atoms with Crippen molar-refractivity contribution in [1.82, 2.24) is 19.4 Å². The predicted molar refractivity (Wildman–Crippen MR) is 283 cm³/mol. The van der Waals surface area contributed by atoms with E-state index in [1.807, 2.05) is 74.1 Å². The summed E-state index contributed by atoms with van der Waals surface area (Å²) in [6, 6.07) is 19.6. The Bertz CT molecular complexity index is 3710. The molecule has 9 N–H and O–H groups in total. The number of aromatic carboxylic acids is 1. The number of nitrogens with one attached hydrogen (secondary N) is 1. The van der Waals surface area contributed by atoms with Crippen LogP contribution < -0.4 is 31.6 Å². The van der Waals surface area contributed by atoms with E-state index in [1.54, 1.807) is 20.8 Å². The number of aliphatic hydroxyl groups excluding tert-OH is 1. The van der Waals surface area contributed by atoms with Gasteiger partial charge in [-0.3, -0.25) is 24.0 Å². The zero-order chi connectivity index (χ0) is 58.1. The molecule has 30 heteroatoms. The molecule has 6 atom stereocenters. The number of aliphatic hydroxyl groups is 1. The summed E-state index contributed by atoms with van der Waals surface area (Å²) in [5.74, 6) is 4.07. The molecule has 3 heterocycles. The number of fused-ring (bicyclic) bond motifs is 2. The normalized spacial score (nSPS) is 17.5. The summed E-state index contributed by atoms with van der Waals surface area (Å²) in [5.41, 5.74) is 7.28. The number of carbonyl (C=O) groups excluding carboxylic acids is 1. The number of carbonyl (C=O) groups is 2. The average molecular weight is 1150 g/mol. The molecule has 420 valence electrons. The van der Waals surface area contributed by atoms with Crippen molar-refractivity contribution in [3.05, 3.63) is 133 Å². The predicted octanol–water partition coefficient (Wildman–Crippen LogP) is 5.12. The van der Waals surface area contributed by atoms with Crippen LogP contribution in [0.3, 0.4) is 0 Å². The molecule has 1 aliphatic carbocycles. The number of nitrogen functional groups attached to an aromatic ring is 1. The number of ether oxygens (including phenoxy) is 2. The van der Waals surface area contributed by atoms with Crippen LogP contribution >= 0.6 is 23.5 Å². The summed E-state index contributed by atoms with van der Waals surface area (Å²) in [7, 11) is -9.53. The molecule has 1 amide bonds. The SMILES string of the molecule is CN(C)c1ccc2c(-c3cc(C(=O)NCC#Cc4ccc([C@H](OCc5cn([C@H]6C[C@H](O)[C@@H](COP(=O)(O)OP(=O)(O)OP(=O)(O)O)O6)c(=O)nc5N)C(C)(C)C)c([N+](=O)[O-])c4)ccc3C(=O)O)c3ccc(=[N+](C)C)cc-3oc2c1. The lowest BCUT2D eigenvalue weighted by atomic mass is 9.83. The quantitative estimate of drug-likeness (QED) is 0.0138. The fourth-order valence-electron chi connectivity index (χ4n) is 8.49. The van der Waals surface area contributed by atoms with Crippen molar-refractivity contribution in [2.75, 3.05) is 52.0 Å². The summed E-state index contributed by atoms with van der Waals surface area (Å²) in [6.07, 6.45) is -4.43. The number of aromatic nitrogens is 2. The van der Waals surface area contributed by atoms with Crippen molar-refractivity contribution >= 4 is 63.5 Å². The minimum Gasteiger partial charge on any atom is -0.478 e. The summed E-state index contributed by atoms with van der Waals surface area (Å²) in [4.78, 5) is 94.0. The van der Waals surface area contributed by atoms with Crippen LogP contribution in [-0.2, 0) is 42.9 Å². The van der Waals surface area contributed by atoms with E-state index in [4.69, 9.17) is 29.4 Å². The largest absolute Gasteiger partial charge is 0.490 e. The first-order valence-electron chi connectivity index (χ1n) is 23.5. The van der Waals surface area contributed by atoms with Crippen LogP contribution in [0.1, 0.15) is 76.9 Å². The molecule has 79 heavy (non-hydrogen) atoms. The first kappa shape index (κ1) is 59.7. The topological polar surface area (TPSA) is 388 Å². The van der Waals surface area contributed by atoms with Gasteiger partial charge in [-0.15, -0.1) is 0 Å². The highest BCUT2D eigenvalue weighted by molar-refractivity contribution is 7.66. The molecule has 0 bridgehead atoms. The number of nitro groups is 1. The van der Waals surface area contributed by atoms with Crippen LogP contribution in [0.2, 0.25) is 0 Å².